The van der Waals surface area contributed by atoms with E-state index in [1.807, 2.05) is 26.8 Å². The number of nitro groups is 1. The normalized spacial score (nSPS) is 11.8. The fourth-order valence-electron chi connectivity index (χ4n) is 1.76. The second kappa shape index (κ2) is 5.89. The number of rotatable bonds is 3. The highest BCUT2D eigenvalue weighted by Crippen LogP contribution is 2.38. The van der Waals surface area contributed by atoms with E-state index in [0.717, 1.165) is 0 Å². The Hall–Kier alpha value is -2.46. The van der Waals surface area contributed by atoms with Gasteiger partial charge >= 0.3 is 5.69 Å². The van der Waals surface area contributed by atoms with E-state index in [0.29, 0.717) is 11.1 Å². The number of nitrogens with two attached hydrogens (primary N) is 1. The minimum atomic E-state index is -0.672. The quantitative estimate of drug-likeness (QED) is 0.292. The molecule has 1 aromatic carbocycles. The van der Waals surface area contributed by atoms with Crippen LogP contribution in [-0.4, -0.2) is 15.0 Å². The third kappa shape index (κ3) is 3.77. The number of phenols is 1. The lowest BCUT2D eigenvalue weighted by Crippen LogP contribution is -2.13. The van der Waals surface area contributed by atoms with Gasteiger partial charge in [0.25, 0.3) is 0 Å². The van der Waals surface area contributed by atoms with Crippen LogP contribution in [0.3, 0.4) is 0 Å². The molecule has 0 atom stereocenters. The minimum absolute atomic E-state index is 0.0462. The topological polar surface area (TPSA) is 113 Å². The van der Waals surface area contributed by atoms with Crippen LogP contribution in [0.2, 0.25) is 0 Å². The predicted octanol–water partition coefficient (Wildman–Crippen LogP) is 2.79. The van der Waals surface area contributed by atoms with E-state index < -0.39 is 16.0 Å². The van der Waals surface area contributed by atoms with Crippen LogP contribution in [0.4, 0.5) is 5.69 Å². The molecule has 0 aromatic heterocycles. The van der Waals surface area contributed by atoms with E-state index in [9.17, 15) is 15.2 Å². The van der Waals surface area contributed by atoms with Crippen LogP contribution < -0.4 is 5.73 Å². The third-order valence-electron chi connectivity index (χ3n) is 2.81. The smallest absolute Gasteiger partial charge is 0.311 e. The fraction of sp³-hybridized carbons (Fsp3) is 0.286. The standard InChI is InChI=1S/C14H15N3O3S/c1-14(2,3)10-5-8(4-9(7-15)13(16)21)6-11(12(10)18)17(19)20/h4-6,18H,1-3H3,(H2,16,21)/b9-4+. The second-order valence-electron chi connectivity index (χ2n) is 5.48. The zero-order chi connectivity index (χ0) is 16.4. The van der Waals surface area contributed by atoms with Gasteiger partial charge in [-0.25, -0.2) is 0 Å². The highest BCUT2D eigenvalue weighted by atomic mass is 32.1. The maximum Gasteiger partial charge on any atom is 0.311 e. The van der Waals surface area contributed by atoms with Crippen LogP contribution in [0, 0.1) is 21.4 Å². The molecule has 0 spiro atoms. The van der Waals surface area contributed by atoms with Crippen LogP contribution in [0.5, 0.6) is 5.75 Å². The van der Waals surface area contributed by atoms with Gasteiger partial charge in [-0.3, -0.25) is 10.1 Å². The first-order valence-electron chi connectivity index (χ1n) is 6.01. The van der Waals surface area contributed by atoms with Gasteiger partial charge in [0.1, 0.15) is 11.1 Å². The zero-order valence-corrected chi connectivity index (χ0v) is 12.7. The number of thiocarbonyl (C=S) groups is 1. The molecule has 1 rings (SSSR count). The number of hydrogen-bond donors (Lipinski definition) is 2. The van der Waals surface area contributed by atoms with Crippen molar-refractivity contribution in [3.05, 3.63) is 38.9 Å². The third-order valence-corrected chi connectivity index (χ3v) is 3.03. The van der Waals surface area contributed by atoms with Gasteiger partial charge in [-0.15, -0.1) is 0 Å². The summed E-state index contributed by atoms with van der Waals surface area (Å²) in [4.78, 5) is 10.3. The van der Waals surface area contributed by atoms with Crippen LogP contribution in [0.15, 0.2) is 17.7 Å². The maximum absolute atomic E-state index is 11.1. The molecule has 0 saturated heterocycles. The first-order valence-corrected chi connectivity index (χ1v) is 6.42. The molecule has 0 aliphatic heterocycles. The SMILES string of the molecule is CC(C)(C)c1cc(/C=C(\C#N)C(N)=S)cc([N+](=O)[O-])c1O. The molecule has 0 saturated carbocycles. The molecule has 0 radical (unpaired) electrons. The lowest BCUT2D eigenvalue weighted by molar-refractivity contribution is -0.386. The Morgan fingerprint density at radius 2 is 2.10 bits per heavy atom. The Labute approximate surface area is 127 Å². The highest BCUT2D eigenvalue weighted by molar-refractivity contribution is 7.80. The molecule has 7 heteroatoms. The Morgan fingerprint density at radius 3 is 2.48 bits per heavy atom. The summed E-state index contributed by atoms with van der Waals surface area (Å²) < 4.78 is 0. The molecule has 21 heavy (non-hydrogen) atoms. The van der Waals surface area contributed by atoms with E-state index in [4.69, 9.17) is 23.2 Å². The average molecular weight is 305 g/mol. The molecular formula is C14H15N3O3S. The Kier molecular flexibility index (Phi) is 4.66. The van der Waals surface area contributed by atoms with Crippen molar-refractivity contribution in [1.82, 2.24) is 0 Å². The molecule has 0 unspecified atom stereocenters. The van der Waals surface area contributed by atoms with Gasteiger partial charge < -0.3 is 10.8 Å². The van der Waals surface area contributed by atoms with Gasteiger partial charge in [0.2, 0.25) is 0 Å². The van der Waals surface area contributed by atoms with Crippen LogP contribution >= 0.6 is 12.2 Å². The van der Waals surface area contributed by atoms with Crippen molar-refractivity contribution in [3.8, 4) is 11.8 Å². The summed E-state index contributed by atoms with van der Waals surface area (Å²) in [5.74, 6) is -0.376. The number of benzene rings is 1. The second-order valence-corrected chi connectivity index (χ2v) is 5.92. The van der Waals surface area contributed by atoms with Crippen LogP contribution in [0.1, 0.15) is 31.9 Å². The molecule has 1 aromatic rings. The number of nitriles is 1. The molecule has 0 amide bonds. The monoisotopic (exact) mass is 305 g/mol. The average Bonchev–Trinajstić information content (AvgIpc) is 2.35. The van der Waals surface area contributed by atoms with Crippen molar-refractivity contribution in [2.75, 3.05) is 0 Å². The van der Waals surface area contributed by atoms with Gasteiger partial charge in [-0.05, 0) is 23.1 Å². The van der Waals surface area contributed by atoms with Gasteiger partial charge in [0.05, 0.1) is 10.5 Å². The molecular weight excluding hydrogens is 290 g/mol. The number of phenolic OH excluding ortho intramolecular Hbond substituents is 1. The van der Waals surface area contributed by atoms with Gasteiger partial charge in [-0.2, -0.15) is 5.26 Å². The molecule has 110 valence electrons. The Morgan fingerprint density at radius 1 is 1.52 bits per heavy atom. The number of aromatic hydroxyl groups is 1. The van der Waals surface area contributed by atoms with Crippen LogP contribution in [0.25, 0.3) is 6.08 Å². The lowest BCUT2D eigenvalue weighted by Gasteiger charge is -2.20. The van der Waals surface area contributed by atoms with Crippen molar-refractivity contribution in [1.29, 1.82) is 5.26 Å². The summed E-state index contributed by atoms with van der Waals surface area (Å²) in [5.41, 5.74) is 5.31. The fourth-order valence-corrected chi connectivity index (χ4v) is 1.86. The first kappa shape index (κ1) is 16.6. The van der Waals surface area contributed by atoms with Gasteiger partial charge in [-0.1, -0.05) is 33.0 Å². The number of nitro benzene ring substituents is 1. The first-order chi connectivity index (χ1) is 9.57. The molecule has 0 aliphatic carbocycles. The summed E-state index contributed by atoms with van der Waals surface area (Å²) in [7, 11) is 0. The lowest BCUT2D eigenvalue weighted by atomic mass is 9.84. The van der Waals surface area contributed by atoms with E-state index in [1.165, 1.54) is 12.1 Å². The molecule has 0 aliphatic rings. The Balaban J connectivity index is 3.64. The van der Waals surface area contributed by atoms with Crippen molar-refractivity contribution in [2.24, 2.45) is 5.73 Å². The largest absolute Gasteiger partial charge is 0.502 e. The summed E-state index contributed by atoms with van der Waals surface area (Å²) in [6, 6.07) is 4.60. The summed E-state index contributed by atoms with van der Waals surface area (Å²) in [6.07, 6.45) is 1.37. The van der Waals surface area contributed by atoms with Crippen molar-refractivity contribution < 1.29 is 10.0 Å². The zero-order valence-electron chi connectivity index (χ0n) is 11.9. The minimum Gasteiger partial charge on any atom is -0.502 e. The molecule has 6 nitrogen and oxygen atoms in total. The summed E-state index contributed by atoms with van der Waals surface area (Å²) in [5, 5.41) is 30.0. The summed E-state index contributed by atoms with van der Waals surface area (Å²) >= 11 is 4.74. The van der Waals surface area contributed by atoms with E-state index >= 15 is 0 Å². The molecule has 3 N–H and O–H groups in total. The highest BCUT2D eigenvalue weighted by Gasteiger charge is 2.26. The van der Waals surface area contributed by atoms with E-state index in [1.54, 1.807) is 6.07 Å². The molecule has 0 heterocycles. The number of hydrogen-bond acceptors (Lipinski definition) is 5. The number of nitrogens with zero attached hydrogens (tertiary/aromatic N) is 2. The van der Waals surface area contributed by atoms with Gasteiger partial charge in [0, 0.05) is 11.6 Å². The van der Waals surface area contributed by atoms with E-state index in [-0.39, 0.29) is 16.3 Å². The molecule has 0 fully saturated rings. The Bertz CT molecular complexity index is 682. The van der Waals surface area contributed by atoms with E-state index in [2.05, 4.69) is 0 Å². The predicted molar refractivity (Wildman–Crippen MR) is 83.8 cm³/mol. The van der Waals surface area contributed by atoms with Crippen molar-refractivity contribution in [3.63, 3.8) is 0 Å². The van der Waals surface area contributed by atoms with Crippen molar-refractivity contribution in [2.45, 2.75) is 26.2 Å². The maximum atomic E-state index is 11.1. The van der Waals surface area contributed by atoms with Gasteiger partial charge in [0.15, 0.2) is 5.75 Å². The molecule has 0 bridgehead atoms. The summed E-state index contributed by atoms with van der Waals surface area (Å²) in [6.45, 7) is 5.45. The van der Waals surface area contributed by atoms with Crippen LogP contribution in [-0.2, 0) is 5.41 Å². The van der Waals surface area contributed by atoms with Crippen molar-refractivity contribution >= 4 is 29.0 Å².